The van der Waals surface area contributed by atoms with Crippen molar-refractivity contribution in [3.8, 4) is 78.4 Å². The van der Waals surface area contributed by atoms with Crippen molar-refractivity contribution >= 4 is 10.8 Å². The Bertz CT molecular complexity index is 3470. The molecular weight excluding hydrogens is 787 g/mol. The average molecular weight is 828 g/mol. The molecule has 0 spiro atoms. The fourth-order valence-corrected chi connectivity index (χ4v) is 10.1. The van der Waals surface area contributed by atoms with Crippen LogP contribution in [-0.4, -0.2) is 15.0 Å². The maximum Gasteiger partial charge on any atom is 0.160 e. The molecule has 0 saturated carbocycles. The summed E-state index contributed by atoms with van der Waals surface area (Å²) in [5.41, 5.74) is 19.0. The van der Waals surface area contributed by atoms with Gasteiger partial charge in [0.15, 0.2) is 5.82 Å². The van der Waals surface area contributed by atoms with E-state index in [2.05, 4.69) is 217 Å². The second-order valence-corrected chi connectivity index (χ2v) is 16.7. The molecule has 2 aromatic heterocycles. The molecule has 11 aromatic rings. The van der Waals surface area contributed by atoms with E-state index in [0.29, 0.717) is 5.82 Å². The summed E-state index contributed by atoms with van der Waals surface area (Å²) in [7, 11) is 0. The minimum Gasteiger partial charge on any atom is -0.264 e. The Hall–Kier alpha value is -8.53. The van der Waals surface area contributed by atoms with Crippen LogP contribution in [0.5, 0.6) is 0 Å². The van der Waals surface area contributed by atoms with E-state index in [1.807, 2.05) is 30.5 Å². The quantitative estimate of drug-likeness (QED) is 0.153. The standard InChI is InChI=1S/C62H41N3/c1-4-16-44(17-5-1)61-64-59(43-31-29-42(30-32-43)48-20-15-37-63-41-48)40-60(65-61)55-35-34-51(52-25-10-11-26-53(52)55)47-19-14-18-45(38-47)46-33-36-58-56(39-46)54-27-12-13-28-57(54)62(58,49-21-6-2-7-22-49)50-23-8-3-9-24-50/h1-41H. The Kier molecular flexibility index (Phi) is 9.39. The van der Waals surface area contributed by atoms with Gasteiger partial charge in [-0.15, -0.1) is 0 Å². The van der Waals surface area contributed by atoms with E-state index in [0.717, 1.165) is 50.2 Å². The summed E-state index contributed by atoms with van der Waals surface area (Å²) >= 11 is 0. The van der Waals surface area contributed by atoms with Gasteiger partial charge in [0, 0.05) is 29.1 Å². The van der Waals surface area contributed by atoms with Crippen molar-refractivity contribution in [1.29, 1.82) is 0 Å². The van der Waals surface area contributed by atoms with Crippen molar-refractivity contribution in [2.75, 3.05) is 0 Å². The van der Waals surface area contributed by atoms with Crippen molar-refractivity contribution in [1.82, 2.24) is 15.0 Å². The van der Waals surface area contributed by atoms with Gasteiger partial charge in [-0.25, -0.2) is 9.97 Å². The first-order chi connectivity index (χ1) is 32.2. The smallest absolute Gasteiger partial charge is 0.160 e. The maximum absolute atomic E-state index is 5.24. The molecule has 2 heterocycles. The Morgan fingerprint density at radius 1 is 0.292 bits per heavy atom. The molecule has 0 saturated heterocycles. The number of aromatic nitrogens is 3. The molecule has 0 radical (unpaired) electrons. The lowest BCUT2D eigenvalue weighted by atomic mass is 9.67. The number of hydrogen-bond acceptors (Lipinski definition) is 3. The summed E-state index contributed by atoms with van der Waals surface area (Å²) in [6.45, 7) is 0. The average Bonchev–Trinajstić information content (AvgIpc) is 3.70. The van der Waals surface area contributed by atoms with Crippen LogP contribution in [0.1, 0.15) is 22.3 Å². The van der Waals surface area contributed by atoms with Crippen molar-refractivity contribution in [3.05, 3.63) is 271 Å². The van der Waals surface area contributed by atoms with Crippen LogP contribution in [0.2, 0.25) is 0 Å². The van der Waals surface area contributed by atoms with E-state index in [4.69, 9.17) is 9.97 Å². The normalized spacial score (nSPS) is 12.4. The van der Waals surface area contributed by atoms with Crippen LogP contribution in [0.25, 0.3) is 89.2 Å². The highest BCUT2D eigenvalue weighted by atomic mass is 14.9. The van der Waals surface area contributed by atoms with Crippen LogP contribution in [0.4, 0.5) is 0 Å². The molecule has 0 N–H and O–H groups in total. The van der Waals surface area contributed by atoms with Gasteiger partial charge in [-0.1, -0.05) is 212 Å². The van der Waals surface area contributed by atoms with Gasteiger partial charge in [0.05, 0.1) is 16.8 Å². The van der Waals surface area contributed by atoms with E-state index in [1.54, 1.807) is 6.20 Å². The van der Waals surface area contributed by atoms with Gasteiger partial charge in [-0.05, 0) is 102 Å². The third-order valence-corrected chi connectivity index (χ3v) is 13.1. The van der Waals surface area contributed by atoms with Gasteiger partial charge >= 0.3 is 0 Å². The lowest BCUT2D eigenvalue weighted by molar-refractivity contribution is 0.768. The summed E-state index contributed by atoms with van der Waals surface area (Å²) in [5, 5.41) is 2.31. The predicted molar refractivity (Wildman–Crippen MR) is 267 cm³/mol. The van der Waals surface area contributed by atoms with E-state index in [9.17, 15) is 0 Å². The first-order valence-electron chi connectivity index (χ1n) is 22.2. The second-order valence-electron chi connectivity index (χ2n) is 16.7. The summed E-state index contributed by atoms with van der Waals surface area (Å²) < 4.78 is 0. The highest BCUT2D eigenvalue weighted by Gasteiger charge is 2.46. The Balaban J connectivity index is 0.956. The molecule has 3 heteroatoms. The molecule has 1 aliphatic rings. The van der Waals surface area contributed by atoms with Gasteiger partial charge in [0.25, 0.3) is 0 Å². The third kappa shape index (κ3) is 6.56. The number of pyridine rings is 1. The second kappa shape index (κ2) is 16.0. The molecule has 0 atom stereocenters. The van der Waals surface area contributed by atoms with Crippen LogP contribution in [0.3, 0.4) is 0 Å². The zero-order valence-corrected chi connectivity index (χ0v) is 35.5. The molecule has 0 bridgehead atoms. The lowest BCUT2D eigenvalue weighted by Crippen LogP contribution is -2.28. The minimum atomic E-state index is -0.424. The van der Waals surface area contributed by atoms with Crippen LogP contribution >= 0.6 is 0 Å². The molecule has 12 rings (SSSR count). The van der Waals surface area contributed by atoms with Gasteiger partial charge < -0.3 is 0 Å². The first-order valence-corrected chi connectivity index (χ1v) is 22.2. The van der Waals surface area contributed by atoms with Gasteiger partial charge in [-0.2, -0.15) is 0 Å². The lowest BCUT2D eigenvalue weighted by Gasteiger charge is -2.33. The Labute approximate surface area is 379 Å². The van der Waals surface area contributed by atoms with E-state index in [-0.39, 0.29) is 0 Å². The molecule has 0 fully saturated rings. The number of rotatable bonds is 8. The minimum absolute atomic E-state index is 0.424. The summed E-state index contributed by atoms with van der Waals surface area (Å²) in [6.07, 6.45) is 3.69. The maximum atomic E-state index is 5.24. The Morgan fingerprint density at radius 3 is 1.58 bits per heavy atom. The van der Waals surface area contributed by atoms with Crippen molar-refractivity contribution in [2.45, 2.75) is 5.41 Å². The highest BCUT2D eigenvalue weighted by Crippen LogP contribution is 2.56. The topological polar surface area (TPSA) is 38.7 Å². The van der Waals surface area contributed by atoms with Crippen LogP contribution in [0, 0.1) is 0 Å². The SMILES string of the molecule is c1ccc(-c2nc(-c3ccc(-c4cccnc4)cc3)cc(-c3ccc(-c4cccc(-c5ccc6c(c5)-c5ccccc5C6(c5ccccc5)c5ccccc5)c4)c4ccccc34)n2)cc1. The highest BCUT2D eigenvalue weighted by molar-refractivity contribution is 6.05. The fourth-order valence-electron chi connectivity index (χ4n) is 10.1. The summed E-state index contributed by atoms with van der Waals surface area (Å²) in [4.78, 5) is 14.7. The van der Waals surface area contributed by atoms with Crippen LogP contribution in [0.15, 0.2) is 249 Å². The zero-order valence-electron chi connectivity index (χ0n) is 35.5. The Morgan fingerprint density at radius 2 is 0.846 bits per heavy atom. The fraction of sp³-hybridized carbons (Fsp3) is 0.0161. The van der Waals surface area contributed by atoms with Crippen molar-refractivity contribution in [2.24, 2.45) is 0 Å². The zero-order chi connectivity index (χ0) is 43.2. The van der Waals surface area contributed by atoms with E-state index in [1.165, 1.54) is 55.5 Å². The number of hydrogen-bond donors (Lipinski definition) is 0. The molecule has 1 aliphatic carbocycles. The summed E-state index contributed by atoms with van der Waals surface area (Å²) in [5.74, 6) is 0.692. The molecule has 3 nitrogen and oxygen atoms in total. The van der Waals surface area contributed by atoms with Crippen LogP contribution in [-0.2, 0) is 5.41 Å². The van der Waals surface area contributed by atoms with E-state index < -0.39 is 5.41 Å². The molecule has 304 valence electrons. The van der Waals surface area contributed by atoms with Gasteiger partial charge in [0.1, 0.15) is 0 Å². The van der Waals surface area contributed by atoms with Crippen LogP contribution < -0.4 is 0 Å². The molecule has 65 heavy (non-hydrogen) atoms. The van der Waals surface area contributed by atoms with Crippen molar-refractivity contribution in [3.63, 3.8) is 0 Å². The first kappa shape index (κ1) is 38.2. The molecule has 0 amide bonds. The monoisotopic (exact) mass is 827 g/mol. The molecule has 0 aliphatic heterocycles. The van der Waals surface area contributed by atoms with Gasteiger partial charge in [-0.3, -0.25) is 4.98 Å². The van der Waals surface area contributed by atoms with E-state index >= 15 is 0 Å². The van der Waals surface area contributed by atoms with Crippen molar-refractivity contribution < 1.29 is 0 Å². The molecule has 0 unspecified atom stereocenters. The number of fused-ring (bicyclic) bond motifs is 4. The number of nitrogens with zero attached hydrogens (tertiary/aromatic N) is 3. The van der Waals surface area contributed by atoms with Gasteiger partial charge in [0.2, 0.25) is 0 Å². The molecular formula is C62H41N3. The largest absolute Gasteiger partial charge is 0.264 e. The summed E-state index contributed by atoms with van der Waals surface area (Å²) in [6, 6.07) is 85.2. The predicted octanol–water partition coefficient (Wildman–Crippen LogP) is 15.4. The number of benzene rings is 9. The molecule has 9 aromatic carbocycles. The third-order valence-electron chi connectivity index (χ3n) is 13.1.